The van der Waals surface area contributed by atoms with Crippen molar-refractivity contribution in [3.63, 3.8) is 0 Å². The van der Waals surface area contributed by atoms with Gasteiger partial charge in [0, 0.05) is 44.2 Å². The van der Waals surface area contributed by atoms with Gasteiger partial charge in [0.15, 0.2) is 5.69 Å². The number of nitrogens with zero attached hydrogens (tertiary/aromatic N) is 6. The van der Waals surface area contributed by atoms with Crippen LogP contribution in [-0.2, 0) is 23.8 Å². The number of aromatic hydroxyl groups is 1. The molecule has 5 heterocycles. The number of halogens is 3. The molecule has 3 aromatic heterocycles. The number of hydrogen-bond acceptors (Lipinski definition) is 6. The Kier molecular flexibility index (Phi) is 6.29. The van der Waals surface area contributed by atoms with E-state index < -0.39 is 23.7 Å². The van der Waals surface area contributed by atoms with Crippen LogP contribution in [0.3, 0.4) is 0 Å². The Morgan fingerprint density at radius 1 is 1.14 bits per heavy atom. The Morgan fingerprint density at radius 3 is 2.65 bits per heavy atom. The number of imidazole rings is 1. The molecule has 10 nitrogen and oxygen atoms in total. The normalized spacial score (nSPS) is 18.7. The van der Waals surface area contributed by atoms with Crippen LogP contribution in [0.25, 0.3) is 16.7 Å². The van der Waals surface area contributed by atoms with Crippen LogP contribution in [0.5, 0.6) is 5.75 Å². The predicted molar refractivity (Wildman–Crippen MR) is 149 cm³/mol. The fraction of sp³-hybridized carbons (Fsp3) is 0.367. The fourth-order valence-corrected chi connectivity index (χ4v) is 6.52. The van der Waals surface area contributed by atoms with Crippen molar-refractivity contribution in [3.8, 4) is 11.4 Å². The van der Waals surface area contributed by atoms with Crippen LogP contribution in [0.2, 0.25) is 0 Å². The second-order valence-electron chi connectivity index (χ2n) is 11.2. The summed E-state index contributed by atoms with van der Waals surface area (Å²) < 4.78 is 42.5. The standard InChI is InChI=1S/C30H28F3N7O3/c1-2-24(42)38-10-8-19-25-21(40(37-19)20-7-6-17(12-23(20)41)16-4-3-5-16)9-11-39(22(25)14-38)29(43)28-27-26(35-15-36-27)18(13-34-28)30(31,32)33/h2,6-7,12-13,15-16,22,41H,1,3-5,8-11,14H2,(H,35,36)/t22-/m0/s1. The lowest BCUT2D eigenvalue weighted by Gasteiger charge is -2.37. The molecule has 0 radical (unpaired) electrons. The van der Waals surface area contributed by atoms with E-state index in [1.807, 2.05) is 12.1 Å². The van der Waals surface area contributed by atoms with Gasteiger partial charge in [-0.1, -0.05) is 19.1 Å². The molecule has 2 N–H and O–H groups in total. The summed E-state index contributed by atoms with van der Waals surface area (Å²) >= 11 is 0. The molecule has 43 heavy (non-hydrogen) atoms. The molecule has 222 valence electrons. The number of aromatic amines is 1. The monoisotopic (exact) mass is 591 g/mol. The molecule has 1 atom stereocenters. The maximum Gasteiger partial charge on any atom is 0.420 e. The second kappa shape index (κ2) is 9.96. The summed E-state index contributed by atoms with van der Waals surface area (Å²) in [6, 6.07) is 5.04. The van der Waals surface area contributed by atoms with Gasteiger partial charge in [0.1, 0.15) is 22.5 Å². The van der Waals surface area contributed by atoms with Crippen molar-refractivity contribution in [2.24, 2.45) is 0 Å². The van der Waals surface area contributed by atoms with Crippen molar-refractivity contribution in [2.75, 3.05) is 19.6 Å². The third-order valence-corrected chi connectivity index (χ3v) is 8.92. The smallest absolute Gasteiger partial charge is 0.420 e. The summed E-state index contributed by atoms with van der Waals surface area (Å²) in [7, 11) is 0. The number of benzene rings is 1. The zero-order valence-electron chi connectivity index (χ0n) is 23.1. The highest BCUT2D eigenvalue weighted by molar-refractivity contribution is 6.04. The van der Waals surface area contributed by atoms with Crippen LogP contribution < -0.4 is 0 Å². The van der Waals surface area contributed by atoms with Gasteiger partial charge >= 0.3 is 6.18 Å². The topological polar surface area (TPSA) is 120 Å². The highest BCUT2D eigenvalue weighted by Gasteiger charge is 2.42. The van der Waals surface area contributed by atoms with E-state index in [4.69, 9.17) is 5.10 Å². The molecule has 13 heteroatoms. The molecule has 0 saturated heterocycles. The molecule has 1 saturated carbocycles. The number of alkyl halides is 3. The van der Waals surface area contributed by atoms with Gasteiger partial charge in [-0.25, -0.2) is 14.6 Å². The zero-order chi connectivity index (χ0) is 30.0. The summed E-state index contributed by atoms with van der Waals surface area (Å²) in [5.74, 6) is -0.319. The largest absolute Gasteiger partial charge is 0.506 e. The quantitative estimate of drug-likeness (QED) is 0.339. The summed E-state index contributed by atoms with van der Waals surface area (Å²) in [4.78, 5) is 40.4. The SMILES string of the molecule is C=CC(=O)N1CCc2nn(-c3ccc(C4CCC4)cc3O)c3c2[C@H](C1)N(C(=O)c1ncc(C(F)(F)F)c2nc[nH]c12)CC3. The Morgan fingerprint density at radius 2 is 1.95 bits per heavy atom. The van der Waals surface area contributed by atoms with Crippen LogP contribution in [0.15, 0.2) is 43.4 Å². The van der Waals surface area contributed by atoms with Crippen LogP contribution in [-0.4, -0.2) is 71.1 Å². The third kappa shape index (κ3) is 4.36. The highest BCUT2D eigenvalue weighted by atomic mass is 19.4. The number of aromatic nitrogens is 5. The molecule has 0 unspecified atom stereocenters. The second-order valence-corrected chi connectivity index (χ2v) is 11.2. The van der Waals surface area contributed by atoms with Gasteiger partial charge in [-0.05, 0) is 42.5 Å². The van der Waals surface area contributed by atoms with Gasteiger partial charge < -0.3 is 19.9 Å². The van der Waals surface area contributed by atoms with E-state index in [1.165, 1.54) is 12.5 Å². The lowest BCUT2D eigenvalue weighted by Crippen LogP contribution is -2.46. The number of hydrogen-bond donors (Lipinski definition) is 2. The van der Waals surface area contributed by atoms with Crippen LogP contribution in [0, 0.1) is 0 Å². The molecule has 0 bridgehead atoms. The number of phenolic OH excluding ortho intramolecular Hbond substituents is 1. The van der Waals surface area contributed by atoms with Gasteiger partial charge in [-0.15, -0.1) is 0 Å². The van der Waals surface area contributed by atoms with Crippen molar-refractivity contribution in [1.82, 2.24) is 34.5 Å². The predicted octanol–water partition coefficient (Wildman–Crippen LogP) is 4.45. The van der Waals surface area contributed by atoms with Gasteiger partial charge in [0.05, 0.1) is 29.3 Å². The Labute approximate surface area is 243 Å². The first-order chi connectivity index (χ1) is 20.7. The summed E-state index contributed by atoms with van der Waals surface area (Å²) in [5, 5.41) is 15.9. The van der Waals surface area contributed by atoms with E-state index in [1.54, 1.807) is 20.5 Å². The van der Waals surface area contributed by atoms with Crippen LogP contribution in [0.4, 0.5) is 13.2 Å². The van der Waals surface area contributed by atoms with E-state index in [-0.39, 0.29) is 41.5 Å². The maximum atomic E-state index is 14.1. The molecular weight excluding hydrogens is 563 g/mol. The minimum atomic E-state index is -4.69. The number of nitrogens with one attached hydrogen (secondary N) is 1. The maximum absolute atomic E-state index is 14.1. The molecule has 2 aliphatic heterocycles. The van der Waals surface area contributed by atoms with E-state index >= 15 is 0 Å². The number of amides is 2. The van der Waals surface area contributed by atoms with Crippen molar-refractivity contribution >= 4 is 22.8 Å². The Bertz CT molecular complexity index is 1790. The van der Waals surface area contributed by atoms with Crippen molar-refractivity contribution < 1.29 is 27.9 Å². The summed E-state index contributed by atoms with van der Waals surface area (Å²) in [6.45, 7) is 4.27. The number of carbonyl (C=O) groups excluding carboxylic acids is 2. The molecule has 1 aromatic carbocycles. The molecular formula is C30H28F3N7O3. The van der Waals surface area contributed by atoms with Gasteiger partial charge in [-0.2, -0.15) is 18.3 Å². The number of rotatable bonds is 4. The van der Waals surface area contributed by atoms with Crippen molar-refractivity contribution in [1.29, 1.82) is 0 Å². The van der Waals surface area contributed by atoms with E-state index in [0.29, 0.717) is 42.9 Å². The summed E-state index contributed by atoms with van der Waals surface area (Å²) in [6.07, 6.45) is 2.42. The first-order valence-electron chi connectivity index (χ1n) is 14.2. The number of pyridine rings is 1. The number of carbonyl (C=O) groups is 2. The van der Waals surface area contributed by atoms with Crippen LogP contribution >= 0.6 is 0 Å². The molecule has 0 spiro atoms. The van der Waals surface area contributed by atoms with E-state index in [9.17, 15) is 27.9 Å². The van der Waals surface area contributed by atoms with Crippen LogP contribution in [0.1, 0.15) is 69.8 Å². The van der Waals surface area contributed by atoms with Crippen molar-refractivity contribution in [2.45, 2.75) is 50.2 Å². The lowest BCUT2D eigenvalue weighted by atomic mass is 9.80. The minimum Gasteiger partial charge on any atom is -0.506 e. The lowest BCUT2D eigenvalue weighted by molar-refractivity contribution is -0.136. The molecule has 7 rings (SSSR count). The first kappa shape index (κ1) is 27.2. The van der Waals surface area contributed by atoms with Crippen molar-refractivity contribution in [3.05, 3.63) is 77.2 Å². The fourth-order valence-electron chi connectivity index (χ4n) is 6.52. The number of H-pyrrole nitrogens is 1. The first-order valence-corrected chi connectivity index (χ1v) is 14.2. The minimum absolute atomic E-state index is 0.106. The molecule has 4 aromatic rings. The Balaban J connectivity index is 1.31. The molecule has 1 fully saturated rings. The van der Waals surface area contributed by atoms with Gasteiger partial charge in [0.2, 0.25) is 5.91 Å². The highest BCUT2D eigenvalue weighted by Crippen LogP contribution is 2.42. The van der Waals surface area contributed by atoms with E-state index in [2.05, 4.69) is 21.5 Å². The molecule has 3 aliphatic rings. The number of phenols is 1. The van der Waals surface area contributed by atoms with Gasteiger partial charge in [0.25, 0.3) is 5.91 Å². The third-order valence-electron chi connectivity index (χ3n) is 8.92. The average Bonchev–Trinajstić information content (AvgIpc) is 3.53. The molecule has 1 aliphatic carbocycles. The number of fused-ring (bicyclic) bond motifs is 1. The van der Waals surface area contributed by atoms with E-state index in [0.717, 1.165) is 36.0 Å². The zero-order valence-corrected chi connectivity index (χ0v) is 23.1. The summed E-state index contributed by atoms with van der Waals surface area (Å²) in [5.41, 5.74) is 2.19. The Hall–Kier alpha value is -4.68. The van der Waals surface area contributed by atoms with Gasteiger partial charge in [-0.3, -0.25) is 9.59 Å². The average molecular weight is 592 g/mol. The molecule has 2 amide bonds.